The third-order valence-corrected chi connectivity index (χ3v) is 6.62. The summed E-state index contributed by atoms with van der Waals surface area (Å²) in [7, 11) is 0. The molecule has 2 amide bonds. The SMILES string of the molecule is CC1c2nnc(C3CCCC3)n2CCN1C(=O)Nc1cnc2c(c1)CCCC2. The van der Waals surface area contributed by atoms with E-state index < -0.39 is 0 Å². The lowest BCUT2D eigenvalue weighted by molar-refractivity contribution is 0.171. The summed E-state index contributed by atoms with van der Waals surface area (Å²) in [5, 5.41) is 12.0. The van der Waals surface area contributed by atoms with E-state index in [9.17, 15) is 4.79 Å². The van der Waals surface area contributed by atoms with E-state index in [1.165, 1.54) is 49.8 Å². The normalized spacial score (nSPS) is 22.0. The maximum atomic E-state index is 12.9. The highest BCUT2D eigenvalue weighted by atomic mass is 16.2. The third kappa shape index (κ3) is 3.06. The van der Waals surface area contributed by atoms with Crippen LogP contribution in [0.25, 0.3) is 0 Å². The topological polar surface area (TPSA) is 75.9 Å². The Labute approximate surface area is 165 Å². The summed E-state index contributed by atoms with van der Waals surface area (Å²) in [5.41, 5.74) is 3.25. The van der Waals surface area contributed by atoms with Crippen LogP contribution in [0.15, 0.2) is 12.3 Å². The average molecular weight is 380 g/mol. The minimum atomic E-state index is -0.0817. The Kier molecular flexibility index (Phi) is 4.53. The van der Waals surface area contributed by atoms with Gasteiger partial charge in [0.1, 0.15) is 5.82 Å². The molecule has 2 aromatic heterocycles. The highest BCUT2D eigenvalue weighted by Crippen LogP contribution is 2.35. The zero-order chi connectivity index (χ0) is 19.1. The van der Waals surface area contributed by atoms with Gasteiger partial charge in [-0.2, -0.15) is 0 Å². The Hall–Kier alpha value is -2.44. The van der Waals surface area contributed by atoms with Gasteiger partial charge >= 0.3 is 6.03 Å². The average Bonchev–Trinajstić information content (AvgIpc) is 3.38. The van der Waals surface area contributed by atoms with E-state index in [2.05, 4.69) is 31.1 Å². The molecule has 0 spiro atoms. The predicted molar refractivity (Wildman–Crippen MR) is 106 cm³/mol. The Bertz CT molecular complexity index is 885. The smallest absolute Gasteiger partial charge is 0.313 e. The minimum Gasteiger partial charge on any atom is -0.313 e. The van der Waals surface area contributed by atoms with Crippen LogP contribution in [-0.2, 0) is 19.4 Å². The molecular weight excluding hydrogens is 352 g/mol. The lowest BCUT2D eigenvalue weighted by Gasteiger charge is -2.34. The van der Waals surface area contributed by atoms with Gasteiger partial charge in [-0.25, -0.2) is 4.79 Å². The van der Waals surface area contributed by atoms with Crippen LogP contribution in [0.4, 0.5) is 10.5 Å². The van der Waals surface area contributed by atoms with Crippen LogP contribution >= 0.6 is 0 Å². The summed E-state index contributed by atoms with van der Waals surface area (Å²) in [6.07, 6.45) is 11.3. The molecule has 1 aliphatic heterocycles. The van der Waals surface area contributed by atoms with E-state index in [0.29, 0.717) is 12.5 Å². The number of nitrogens with one attached hydrogen (secondary N) is 1. The van der Waals surface area contributed by atoms with Crippen molar-refractivity contribution in [3.05, 3.63) is 35.2 Å². The maximum absolute atomic E-state index is 12.9. The number of fused-ring (bicyclic) bond motifs is 2. The number of hydrogen-bond donors (Lipinski definition) is 1. The van der Waals surface area contributed by atoms with E-state index >= 15 is 0 Å². The number of nitrogens with zero attached hydrogens (tertiary/aromatic N) is 5. The molecule has 1 fully saturated rings. The first kappa shape index (κ1) is 17.6. The molecule has 0 bridgehead atoms. The fraction of sp³-hybridized carbons (Fsp3) is 0.619. The van der Waals surface area contributed by atoms with Crippen molar-refractivity contribution < 1.29 is 4.79 Å². The molecule has 1 N–H and O–H groups in total. The molecule has 5 rings (SSSR count). The number of carbonyl (C=O) groups excluding carboxylic acids is 1. The molecule has 0 saturated heterocycles. The number of hydrogen-bond acceptors (Lipinski definition) is 4. The van der Waals surface area contributed by atoms with Gasteiger partial charge < -0.3 is 14.8 Å². The van der Waals surface area contributed by atoms with Crippen LogP contribution in [0.5, 0.6) is 0 Å². The summed E-state index contributed by atoms with van der Waals surface area (Å²) in [5.74, 6) is 2.57. The van der Waals surface area contributed by atoms with Gasteiger partial charge in [0.05, 0.1) is 17.9 Å². The van der Waals surface area contributed by atoms with Crippen LogP contribution in [0.3, 0.4) is 0 Å². The van der Waals surface area contributed by atoms with Crippen LogP contribution in [-0.4, -0.2) is 37.2 Å². The molecule has 1 atom stereocenters. The van der Waals surface area contributed by atoms with E-state index in [1.54, 1.807) is 6.20 Å². The molecule has 148 valence electrons. The largest absolute Gasteiger partial charge is 0.322 e. The number of anilines is 1. The number of amides is 2. The molecule has 7 nitrogen and oxygen atoms in total. The molecule has 3 aliphatic rings. The highest BCUT2D eigenvalue weighted by Gasteiger charge is 2.33. The van der Waals surface area contributed by atoms with Crippen molar-refractivity contribution in [3.63, 3.8) is 0 Å². The third-order valence-electron chi connectivity index (χ3n) is 6.62. The first-order valence-electron chi connectivity index (χ1n) is 10.7. The van der Waals surface area contributed by atoms with Crippen molar-refractivity contribution in [1.82, 2.24) is 24.6 Å². The summed E-state index contributed by atoms with van der Waals surface area (Å²) in [4.78, 5) is 19.4. The molecule has 0 radical (unpaired) electrons. The van der Waals surface area contributed by atoms with E-state index in [4.69, 9.17) is 0 Å². The van der Waals surface area contributed by atoms with Crippen molar-refractivity contribution in [2.75, 3.05) is 11.9 Å². The molecule has 7 heteroatoms. The van der Waals surface area contributed by atoms with E-state index in [0.717, 1.165) is 36.7 Å². The van der Waals surface area contributed by atoms with Crippen molar-refractivity contribution in [3.8, 4) is 0 Å². The highest BCUT2D eigenvalue weighted by molar-refractivity contribution is 5.89. The Morgan fingerprint density at radius 2 is 1.86 bits per heavy atom. The second kappa shape index (κ2) is 7.18. The standard InChI is InChI=1S/C21H28N6O/c1-14-19-24-25-20(15-6-2-3-7-15)27(19)11-10-26(14)21(28)23-17-12-16-8-4-5-9-18(16)22-13-17/h12-15H,2-11H2,1H3,(H,23,28). The maximum Gasteiger partial charge on any atom is 0.322 e. The zero-order valence-corrected chi connectivity index (χ0v) is 16.5. The quantitative estimate of drug-likeness (QED) is 0.859. The van der Waals surface area contributed by atoms with Gasteiger partial charge in [0.15, 0.2) is 5.82 Å². The molecule has 1 unspecified atom stereocenters. The number of rotatable bonds is 2. The van der Waals surface area contributed by atoms with Crippen LogP contribution in [0.1, 0.15) is 80.3 Å². The summed E-state index contributed by atoms with van der Waals surface area (Å²) >= 11 is 0. The first-order chi connectivity index (χ1) is 13.7. The summed E-state index contributed by atoms with van der Waals surface area (Å²) in [6.45, 7) is 3.49. The van der Waals surface area contributed by atoms with Crippen molar-refractivity contribution in [2.24, 2.45) is 0 Å². The lowest BCUT2D eigenvalue weighted by atomic mass is 9.96. The van der Waals surface area contributed by atoms with Gasteiger partial charge in [-0.1, -0.05) is 12.8 Å². The first-order valence-corrected chi connectivity index (χ1v) is 10.7. The van der Waals surface area contributed by atoms with Crippen LogP contribution in [0, 0.1) is 0 Å². The molecule has 28 heavy (non-hydrogen) atoms. The molecule has 0 aromatic carbocycles. The Balaban J connectivity index is 1.31. The molecule has 1 saturated carbocycles. The number of urea groups is 1. The fourth-order valence-corrected chi connectivity index (χ4v) is 5.02. The molecule has 2 aromatic rings. The van der Waals surface area contributed by atoms with Crippen LogP contribution < -0.4 is 5.32 Å². The Morgan fingerprint density at radius 3 is 2.71 bits per heavy atom. The van der Waals surface area contributed by atoms with Crippen molar-refractivity contribution in [1.29, 1.82) is 0 Å². The Morgan fingerprint density at radius 1 is 1.07 bits per heavy atom. The zero-order valence-electron chi connectivity index (χ0n) is 16.5. The number of pyridine rings is 1. The van der Waals surface area contributed by atoms with Gasteiger partial charge in [-0.15, -0.1) is 10.2 Å². The van der Waals surface area contributed by atoms with E-state index in [-0.39, 0.29) is 12.1 Å². The van der Waals surface area contributed by atoms with Crippen molar-refractivity contribution >= 4 is 11.7 Å². The molecular formula is C21H28N6O. The number of aromatic nitrogens is 4. The van der Waals surface area contributed by atoms with Gasteiger partial charge in [-0.3, -0.25) is 4.98 Å². The monoisotopic (exact) mass is 380 g/mol. The van der Waals surface area contributed by atoms with Gasteiger partial charge in [0, 0.05) is 24.7 Å². The van der Waals surface area contributed by atoms with Gasteiger partial charge in [0.25, 0.3) is 0 Å². The number of carbonyl (C=O) groups is 1. The minimum absolute atomic E-state index is 0.0815. The fourth-order valence-electron chi connectivity index (χ4n) is 5.02. The van der Waals surface area contributed by atoms with Gasteiger partial charge in [0.2, 0.25) is 0 Å². The summed E-state index contributed by atoms with van der Waals surface area (Å²) < 4.78 is 2.25. The predicted octanol–water partition coefficient (Wildman–Crippen LogP) is 3.82. The van der Waals surface area contributed by atoms with E-state index in [1.807, 2.05) is 11.8 Å². The van der Waals surface area contributed by atoms with Crippen molar-refractivity contribution in [2.45, 2.75) is 76.8 Å². The molecule has 2 aliphatic carbocycles. The summed E-state index contributed by atoms with van der Waals surface area (Å²) in [6, 6.07) is 1.93. The number of aryl methyl sites for hydroxylation is 2. The second-order valence-corrected chi connectivity index (χ2v) is 8.39. The van der Waals surface area contributed by atoms with Crippen LogP contribution in [0.2, 0.25) is 0 Å². The second-order valence-electron chi connectivity index (χ2n) is 8.39. The van der Waals surface area contributed by atoms with Gasteiger partial charge in [-0.05, 0) is 57.1 Å². The molecule has 3 heterocycles. The lowest BCUT2D eigenvalue weighted by Crippen LogP contribution is -2.43.